The molecular formula is C24H23FN4O3S. The van der Waals surface area contributed by atoms with E-state index in [1.807, 2.05) is 24.3 Å². The van der Waals surface area contributed by atoms with E-state index in [1.54, 1.807) is 30.6 Å². The molecule has 0 aliphatic heterocycles. The lowest BCUT2D eigenvalue weighted by molar-refractivity contribution is -0.120. The molecule has 0 fully saturated rings. The molecule has 1 amide bonds. The molecule has 9 heteroatoms. The van der Waals surface area contributed by atoms with Crippen molar-refractivity contribution in [2.45, 2.75) is 24.3 Å². The predicted molar refractivity (Wildman–Crippen MR) is 125 cm³/mol. The van der Waals surface area contributed by atoms with Crippen LogP contribution in [0.1, 0.15) is 12.0 Å². The average molecular weight is 467 g/mol. The van der Waals surface area contributed by atoms with E-state index in [2.05, 4.69) is 19.6 Å². The molecule has 33 heavy (non-hydrogen) atoms. The Bertz CT molecular complexity index is 1350. The van der Waals surface area contributed by atoms with Crippen LogP contribution in [-0.4, -0.2) is 30.4 Å². The van der Waals surface area contributed by atoms with Crippen LogP contribution in [0.2, 0.25) is 0 Å². The van der Waals surface area contributed by atoms with Crippen molar-refractivity contribution >= 4 is 32.7 Å². The van der Waals surface area contributed by atoms with Crippen molar-refractivity contribution in [1.29, 1.82) is 0 Å². The van der Waals surface area contributed by atoms with Crippen molar-refractivity contribution in [3.8, 4) is 0 Å². The first-order valence-corrected chi connectivity index (χ1v) is 11.9. The van der Waals surface area contributed by atoms with Crippen LogP contribution >= 0.6 is 0 Å². The third kappa shape index (κ3) is 5.75. The minimum Gasteiger partial charge on any atom is -0.356 e. The number of amides is 1. The Morgan fingerprint density at radius 2 is 1.70 bits per heavy atom. The van der Waals surface area contributed by atoms with Gasteiger partial charge < -0.3 is 9.88 Å². The monoisotopic (exact) mass is 466 g/mol. The Labute approximate surface area is 191 Å². The van der Waals surface area contributed by atoms with Crippen molar-refractivity contribution in [1.82, 2.24) is 14.9 Å². The van der Waals surface area contributed by atoms with Gasteiger partial charge in [0, 0.05) is 18.8 Å². The molecule has 0 aliphatic carbocycles. The predicted octanol–water partition coefficient (Wildman–Crippen LogP) is 3.73. The molecule has 170 valence electrons. The lowest BCUT2D eigenvalue weighted by Gasteiger charge is -2.09. The van der Waals surface area contributed by atoms with Crippen LogP contribution in [0.15, 0.2) is 84.0 Å². The van der Waals surface area contributed by atoms with Crippen LogP contribution in [0.5, 0.6) is 0 Å². The number of hydrogen-bond donors (Lipinski definition) is 2. The van der Waals surface area contributed by atoms with Crippen molar-refractivity contribution in [3.05, 3.63) is 90.5 Å². The smallest absolute Gasteiger partial charge is 0.261 e. The number of nitrogens with one attached hydrogen (secondary N) is 2. The van der Waals surface area contributed by atoms with Crippen LogP contribution in [0, 0.1) is 5.82 Å². The molecule has 0 saturated carbocycles. The van der Waals surface area contributed by atoms with E-state index in [1.165, 1.54) is 12.1 Å². The van der Waals surface area contributed by atoms with Gasteiger partial charge in [0.25, 0.3) is 10.0 Å². The number of imidazole rings is 1. The van der Waals surface area contributed by atoms with Gasteiger partial charge >= 0.3 is 0 Å². The molecule has 7 nitrogen and oxygen atoms in total. The number of para-hydroxylation sites is 2. The minimum absolute atomic E-state index is 0.0314. The maximum atomic E-state index is 13.0. The van der Waals surface area contributed by atoms with E-state index in [9.17, 15) is 17.6 Å². The first-order valence-electron chi connectivity index (χ1n) is 10.4. The fourth-order valence-electron chi connectivity index (χ4n) is 3.43. The Balaban J connectivity index is 1.24. The third-order valence-electron chi connectivity index (χ3n) is 5.12. The number of aryl methyl sites for hydroxylation is 1. The quantitative estimate of drug-likeness (QED) is 0.368. The van der Waals surface area contributed by atoms with E-state index in [0.717, 1.165) is 41.7 Å². The largest absolute Gasteiger partial charge is 0.356 e. The number of halogens is 1. The SMILES string of the molecule is O=C(Cc1ccc(NS(=O)(=O)c2ccc(F)cc2)cc1)NCCCn1cnc2ccccc21. The Morgan fingerprint density at radius 1 is 0.970 bits per heavy atom. The second kappa shape index (κ2) is 9.83. The van der Waals surface area contributed by atoms with E-state index in [-0.39, 0.29) is 17.2 Å². The number of benzene rings is 3. The summed E-state index contributed by atoms with van der Waals surface area (Å²) in [6.07, 6.45) is 2.77. The topological polar surface area (TPSA) is 93.1 Å². The highest BCUT2D eigenvalue weighted by molar-refractivity contribution is 7.92. The molecule has 0 bridgehead atoms. The Hall–Kier alpha value is -3.72. The standard InChI is InChI=1S/C24H23FN4O3S/c25-19-8-12-21(13-9-19)33(31,32)28-20-10-6-18(7-11-20)16-24(30)26-14-3-15-29-17-27-22-4-1-2-5-23(22)29/h1-2,4-13,17,28H,3,14-16H2,(H,26,30). The fraction of sp³-hybridized carbons (Fsp3) is 0.167. The van der Waals surface area contributed by atoms with E-state index in [4.69, 9.17) is 0 Å². The fourth-order valence-corrected chi connectivity index (χ4v) is 4.49. The average Bonchev–Trinajstić information content (AvgIpc) is 3.21. The molecule has 4 aromatic rings. The van der Waals surface area contributed by atoms with Gasteiger partial charge in [-0.15, -0.1) is 0 Å². The van der Waals surface area contributed by atoms with Crippen molar-refractivity contribution in [2.75, 3.05) is 11.3 Å². The zero-order valence-corrected chi connectivity index (χ0v) is 18.6. The van der Waals surface area contributed by atoms with Crippen molar-refractivity contribution < 1.29 is 17.6 Å². The van der Waals surface area contributed by atoms with Gasteiger partial charge in [0.05, 0.1) is 28.7 Å². The molecule has 0 atom stereocenters. The molecule has 2 N–H and O–H groups in total. The van der Waals surface area contributed by atoms with Crippen molar-refractivity contribution in [2.24, 2.45) is 0 Å². The molecule has 3 aromatic carbocycles. The lowest BCUT2D eigenvalue weighted by Crippen LogP contribution is -2.26. The summed E-state index contributed by atoms with van der Waals surface area (Å²) in [4.78, 5) is 16.6. The third-order valence-corrected chi connectivity index (χ3v) is 6.52. The normalized spacial score (nSPS) is 11.4. The Kier molecular flexibility index (Phi) is 6.69. The zero-order chi connectivity index (χ0) is 23.3. The molecule has 1 aromatic heterocycles. The van der Waals surface area contributed by atoms with Crippen LogP contribution < -0.4 is 10.0 Å². The summed E-state index contributed by atoms with van der Waals surface area (Å²) in [5, 5.41) is 2.91. The molecule has 1 heterocycles. The van der Waals surface area contributed by atoms with Gasteiger partial charge in [-0.25, -0.2) is 17.8 Å². The van der Waals surface area contributed by atoms with Gasteiger partial charge in [-0.2, -0.15) is 0 Å². The maximum Gasteiger partial charge on any atom is 0.261 e. The van der Waals surface area contributed by atoms with E-state index >= 15 is 0 Å². The summed E-state index contributed by atoms with van der Waals surface area (Å²) in [6, 6.07) is 19.1. The van der Waals surface area contributed by atoms with Crippen LogP contribution in [0.4, 0.5) is 10.1 Å². The zero-order valence-electron chi connectivity index (χ0n) is 17.7. The number of aromatic nitrogens is 2. The molecular weight excluding hydrogens is 443 g/mol. The highest BCUT2D eigenvalue weighted by Gasteiger charge is 2.14. The first kappa shape index (κ1) is 22.5. The maximum absolute atomic E-state index is 13.0. The van der Waals surface area contributed by atoms with Crippen LogP contribution in [-0.2, 0) is 27.8 Å². The second-order valence-corrected chi connectivity index (χ2v) is 9.25. The Morgan fingerprint density at radius 3 is 2.45 bits per heavy atom. The van der Waals surface area contributed by atoms with Crippen LogP contribution in [0.25, 0.3) is 11.0 Å². The highest BCUT2D eigenvalue weighted by atomic mass is 32.2. The molecule has 0 unspecified atom stereocenters. The number of nitrogens with zero attached hydrogens (tertiary/aromatic N) is 2. The lowest BCUT2D eigenvalue weighted by atomic mass is 10.1. The summed E-state index contributed by atoms with van der Waals surface area (Å²) in [5.74, 6) is -0.614. The summed E-state index contributed by atoms with van der Waals surface area (Å²) in [5.41, 5.74) is 3.14. The first-order chi connectivity index (χ1) is 15.9. The number of carbonyl (C=O) groups is 1. The van der Waals surface area contributed by atoms with Gasteiger partial charge in [-0.05, 0) is 60.5 Å². The summed E-state index contributed by atoms with van der Waals surface area (Å²) < 4.78 is 42.3. The highest BCUT2D eigenvalue weighted by Crippen LogP contribution is 2.17. The number of hydrogen-bond acceptors (Lipinski definition) is 4. The van der Waals surface area contributed by atoms with Gasteiger partial charge in [-0.1, -0.05) is 24.3 Å². The number of sulfonamides is 1. The summed E-state index contributed by atoms with van der Waals surface area (Å²) in [6.45, 7) is 1.30. The van der Waals surface area contributed by atoms with Gasteiger partial charge in [0.15, 0.2) is 0 Å². The van der Waals surface area contributed by atoms with E-state index < -0.39 is 15.8 Å². The summed E-state index contributed by atoms with van der Waals surface area (Å²) in [7, 11) is -3.82. The molecule has 0 saturated heterocycles. The minimum atomic E-state index is -3.82. The molecule has 4 rings (SSSR count). The number of fused-ring (bicyclic) bond motifs is 1. The number of rotatable bonds is 9. The van der Waals surface area contributed by atoms with Crippen molar-refractivity contribution in [3.63, 3.8) is 0 Å². The van der Waals surface area contributed by atoms with Crippen LogP contribution in [0.3, 0.4) is 0 Å². The van der Waals surface area contributed by atoms with Gasteiger partial charge in [-0.3, -0.25) is 9.52 Å². The molecule has 0 radical (unpaired) electrons. The second-order valence-electron chi connectivity index (χ2n) is 7.56. The summed E-state index contributed by atoms with van der Waals surface area (Å²) >= 11 is 0. The van der Waals surface area contributed by atoms with E-state index in [0.29, 0.717) is 12.2 Å². The van der Waals surface area contributed by atoms with Gasteiger partial charge in [0.1, 0.15) is 5.82 Å². The number of anilines is 1. The van der Waals surface area contributed by atoms with Gasteiger partial charge in [0.2, 0.25) is 5.91 Å². The molecule has 0 spiro atoms. The number of carbonyl (C=O) groups excluding carboxylic acids is 1. The molecule has 0 aliphatic rings.